The van der Waals surface area contributed by atoms with Crippen LogP contribution in [0.2, 0.25) is 0 Å². The first-order valence-corrected chi connectivity index (χ1v) is 10.5. The number of hydrogen-bond donors (Lipinski definition) is 2. The molecule has 6 nitrogen and oxygen atoms in total. The lowest BCUT2D eigenvalue weighted by molar-refractivity contribution is 0.0701. The van der Waals surface area contributed by atoms with Gasteiger partial charge in [0.2, 0.25) is 5.43 Å². The predicted octanol–water partition coefficient (Wildman–Crippen LogP) is 4.30. The number of phenols is 1. The highest BCUT2D eigenvalue weighted by Crippen LogP contribution is 2.45. The van der Waals surface area contributed by atoms with Gasteiger partial charge in [0.15, 0.2) is 0 Å². The van der Waals surface area contributed by atoms with Gasteiger partial charge in [0.25, 0.3) is 0 Å². The molecule has 0 saturated carbocycles. The van der Waals surface area contributed by atoms with Crippen molar-refractivity contribution < 1.29 is 24.1 Å². The lowest BCUT2D eigenvalue weighted by atomic mass is 9.85. The minimum atomic E-state index is -0.949. The average molecular weight is 422 g/mol. The summed E-state index contributed by atoms with van der Waals surface area (Å²) in [5, 5.41) is 22.0. The molecule has 1 saturated heterocycles. The number of hydrogen-bond acceptors (Lipinski definition) is 6. The first-order chi connectivity index (χ1) is 14.6. The molecule has 31 heavy (non-hydrogen) atoms. The van der Waals surface area contributed by atoms with Crippen LogP contribution in [0, 0.1) is 12.8 Å². The lowest BCUT2D eigenvalue weighted by Gasteiger charge is -2.32. The summed E-state index contributed by atoms with van der Waals surface area (Å²) in [6.07, 6.45) is -0.348. The van der Waals surface area contributed by atoms with Gasteiger partial charge >= 0.3 is 0 Å². The van der Waals surface area contributed by atoms with Crippen LogP contribution in [0.1, 0.15) is 43.6 Å². The number of benzene rings is 2. The molecule has 2 N–H and O–H groups in total. The van der Waals surface area contributed by atoms with E-state index < -0.39 is 6.10 Å². The minimum absolute atomic E-state index is 0.0260. The fourth-order valence-corrected chi connectivity index (χ4v) is 4.63. The summed E-state index contributed by atoms with van der Waals surface area (Å²) in [4.78, 5) is 13.7. The van der Waals surface area contributed by atoms with Crippen LogP contribution in [0.15, 0.2) is 39.6 Å². The molecule has 3 heterocycles. The van der Waals surface area contributed by atoms with Gasteiger partial charge in [-0.05, 0) is 51.0 Å². The molecule has 0 radical (unpaired) electrons. The summed E-state index contributed by atoms with van der Waals surface area (Å²) in [6, 6.07) is 5.04. The van der Waals surface area contributed by atoms with E-state index in [1.807, 2.05) is 27.7 Å². The molecule has 0 unspecified atom stereocenters. The van der Waals surface area contributed by atoms with Gasteiger partial charge in [-0.25, -0.2) is 0 Å². The van der Waals surface area contributed by atoms with Crippen molar-refractivity contribution in [1.82, 2.24) is 0 Å². The number of epoxide rings is 1. The Labute approximate surface area is 179 Å². The summed E-state index contributed by atoms with van der Waals surface area (Å²) in [7, 11) is 0. The second-order valence-electron chi connectivity index (χ2n) is 9.31. The Morgan fingerprint density at radius 2 is 2.00 bits per heavy atom. The number of aliphatic hydroxyl groups is 1. The van der Waals surface area contributed by atoms with E-state index in [0.717, 1.165) is 16.7 Å². The SMILES string of the molecule is C=C(C)[C@@H]1COc2c(C)cc3oc4c(C[C@@H]5OC5(C)C)ccc(O)c4c(=O)c3c2[C@H]1O. The van der Waals surface area contributed by atoms with Gasteiger partial charge in [-0.1, -0.05) is 18.2 Å². The van der Waals surface area contributed by atoms with Gasteiger partial charge in [0, 0.05) is 17.9 Å². The van der Waals surface area contributed by atoms with E-state index >= 15 is 0 Å². The molecule has 3 aromatic rings. The van der Waals surface area contributed by atoms with E-state index in [1.54, 1.807) is 12.1 Å². The topological polar surface area (TPSA) is 92.4 Å². The van der Waals surface area contributed by atoms with Crippen LogP contribution >= 0.6 is 0 Å². The summed E-state index contributed by atoms with van der Waals surface area (Å²) in [6.45, 7) is 12.0. The second kappa shape index (κ2) is 6.58. The van der Waals surface area contributed by atoms with Crippen LogP contribution in [0.5, 0.6) is 11.5 Å². The van der Waals surface area contributed by atoms with Crippen LogP contribution in [0.25, 0.3) is 21.9 Å². The Hall–Kier alpha value is -2.83. The number of phenolic OH excluding ortho intramolecular Hbond substituents is 1. The van der Waals surface area contributed by atoms with Crippen LogP contribution in [0.3, 0.4) is 0 Å². The number of ether oxygens (including phenoxy) is 2. The highest BCUT2D eigenvalue weighted by Gasteiger charge is 2.47. The van der Waals surface area contributed by atoms with E-state index in [-0.39, 0.29) is 39.6 Å². The van der Waals surface area contributed by atoms with Crippen molar-refractivity contribution in [2.45, 2.75) is 51.9 Å². The maximum Gasteiger partial charge on any atom is 0.204 e. The van der Waals surface area contributed by atoms with Crippen molar-refractivity contribution >= 4 is 21.9 Å². The maximum atomic E-state index is 13.7. The fraction of sp³-hybridized carbons (Fsp3) is 0.400. The van der Waals surface area contributed by atoms with Gasteiger partial charge in [0.05, 0.1) is 29.8 Å². The fourth-order valence-electron chi connectivity index (χ4n) is 4.63. The van der Waals surface area contributed by atoms with Crippen LogP contribution in [-0.4, -0.2) is 28.5 Å². The summed E-state index contributed by atoms with van der Waals surface area (Å²) in [5.41, 5.74) is 2.87. The molecule has 3 atom stereocenters. The van der Waals surface area contributed by atoms with E-state index in [1.165, 1.54) is 6.07 Å². The molecule has 1 fully saturated rings. The zero-order chi connectivity index (χ0) is 22.2. The molecule has 162 valence electrons. The number of aliphatic hydroxyl groups excluding tert-OH is 1. The van der Waals surface area contributed by atoms with Crippen LogP contribution in [-0.2, 0) is 11.2 Å². The van der Waals surface area contributed by atoms with Gasteiger partial charge in [-0.3, -0.25) is 4.79 Å². The van der Waals surface area contributed by atoms with Crippen molar-refractivity contribution in [2.75, 3.05) is 6.61 Å². The van der Waals surface area contributed by atoms with Crippen molar-refractivity contribution in [3.63, 3.8) is 0 Å². The molecule has 1 aromatic heterocycles. The van der Waals surface area contributed by atoms with Crippen molar-refractivity contribution in [2.24, 2.45) is 5.92 Å². The third-order valence-electron chi connectivity index (χ3n) is 6.64. The monoisotopic (exact) mass is 422 g/mol. The normalized spacial score (nSPS) is 24.1. The van der Waals surface area contributed by atoms with Gasteiger partial charge in [-0.15, -0.1) is 0 Å². The zero-order valence-corrected chi connectivity index (χ0v) is 18.1. The van der Waals surface area contributed by atoms with E-state index in [0.29, 0.717) is 35.5 Å². The first-order valence-electron chi connectivity index (χ1n) is 10.5. The first kappa shape index (κ1) is 20.1. The molecule has 6 heteroatoms. The minimum Gasteiger partial charge on any atom is -0.507 e. The quantitative estimate of drug-likeness (QED) is 0.371. The van der Waals surface area contributed by atoms with Crippen LogP contribution in [0.4, 0.5) is 0 Å². The van der Waals surface area contributed by atoms with E-state index in [4.69, 9.17) is 13.9 Å². The summed E-state index contributed by atoms with van der Waals surface area (Å²) in [5.74, 6) is 0.0112. The number of rotatable bonds is 3. The third kappa shape index (κ3) is 2.97. The standard InChI is InChI=1S/C25H26O6/c1-11(2)14-10-29-23-12(3)8-16-19(20(23)21(14)27)22(28)18-15(26)7-6-13(24(18)30-16)9-17-25(4,5)31-17/h6-8,14,17,21,26-27H,1,9-10H2,2-5H3/t14-,17-,21-/m0/s1. The molecular formula is C25H26O6. The highest BCUT2D eigenvalue weighted by molar-refractivity contribution is 5.97. The molecule has 2 aliphatic rings. The van der Waals surface area contributed by atoms with Crippen molar-refractivity contribution in [1.29, 1.82) is 0 Å². The molecule has 0 amide bonds. The average Bonchev–Trinajstić information content (AvgIpc) is 3.29. The largest absolute Gasteiger partial charge is 0.507 e. The number of fused-ring (bicyclic) bond motifs is 4. The zero-order valence-electron chi connectivity index (χ0n) is 18.1. The van der Waals surface area contributed by atoms with Gasteiger partial charge in [0.1, 0.15) is 28.1 Å². The molecule has 0 bridgehead atoms. The maximum absolute atomic E-state index is 13.7. The molecule has 2 aromatic carbocycles. The van der Waals surface area contributed by atoms with Crippen molar-refractivity contribution in [3.8, 4) is 11.5 Å². The van der Waals surface area contributed by atoms with E-state index in [2.05, 4.69) is 6.58 Å². The Morgan fingerprint density at radius 3 is 2.65 bits per heavy atom. The molecule has 0 aliphatic carbocycles. The van der Waals surface area contributed by atoms with Gasteiger partial charge in [-0.2, -0.15) is 0 Å². The lowest BCUT2D eigenvalue weighted by Crippen LogP contribution is -2.28. The molecule has 5 rings (SSSR count). The Bertz CT molecular complexity index is 1320. The number of aromatic hydroxyl groups is 1. The highest BCUT2D eigenvalue weighted by atomic mass is 16.6. The smallest absolute Gasteiger partial charge is 0.204 e. The number of aryl methyl sites for hydroxylation is 1. The van der Waals surface area contributed by atoms with E-state index in [9.17, 15) is 15.0 Å². The Kier molecular flexibility index (Phi) is 4.27. The molecule has 0 spiro atoms. The van der Waals surface area contributed by atoms with Crippen LogP contribution < -0.4 is 10.2 Å². The van der Waals surface area contributed by atoms with Gasteiger partial charge < -0.3 is 24.1 Å². The Balaban J connectivity index is 1.80. The summed E-state index contributed by atoms with van der Waals surface area (Å²) < 4.78 is 17.9. The predicted molar refractivity (Wildman–Crippen MR) is 118 cm³/mol. The second-order valence-corrected chi connectivity index (χ2v) is 9.31. The summed E-state index contributed by atoms with van der Waals surface area (Å²) >= 11 is 0. The third-order valence-corrected chi connectivity index (χ3v) is 6.64. The molecule has 2 aliphatic heterocycles. The Morgan fingerprint density at radius 1 is 1.29 bits per heavy atom. The molecular weight excluding hydrogens is 396 g/mol. The van der Waals surface area contributed by atoms with Crippen molar-refractivity contribution in [3.05, 3.63) is 57.3 Å².